The van der Waals surface area contributed by atoms with Crippen LogP contribution in [0.2, 0.25) is 0 Å². The summed E-state index contributed by atoms with van der Waals surface area (Å²) in [6.07, 6.45) is 2.91. The standard InChI is InChI=1S/C8H14N2O/c1-11-7-10-6-2-3-8(10)4-5-9/h2-3,6H,4-5,7,9H2,1H3. The lowest BCUT2D eigenvalue weighted by Gasteiger charge is -2.05. The molecule has 1 aromatic rings. The van der Waals surface area contributed by atoms with Crippen molar-refractivity contribution in [1.29, 1.82) is 0 Å². The lowest BCUT2D eigenvalue weighted by atomic mass is 10.3. The SMILES string of the molecule is COCn1cccc1CCN. The van der Waals surface area contributed by atoms with Crippen molar-refractivity contribution in [3.05, 3.63) is 24.0 Å². The van der Waals surface area contributed by atoms with Gasteiger partial charge < -0.3 is 15.0 Å². The maximum Gasteiger partial charge on any atom is 0.122 e. The molecule has 62 valence electrons. The van der Waals surface area contributed by atoms with Gasteiger partial charge in [0.1, 0.15) is 6.73 Å². The zero-order valence-corrected chi connectivity index (χ0v) is 6.79. The Morgan fingerprint density at radius 1 is 1.64 bits per heavy atom. The van der Waals surface area contributed by atoms with Gasteiger partial charge in [0, 0.05) is 19.0 Å². The van der Waals surface area contributed by atoms with Crippen molar-refractivity contribution in [3.63, 3.8) is 0 Å². The van der Waals surface area contributed by atoms with Crippen molar-refractivity contribution >= 4 is 0 Å². The largest absolute Gasteiger partial charge is 0.364 e. The Hall–Kier alpha value is -0.800. The molecule has 0 bridgehead atoms. The van der Waals surface area contributed by atoms with Crippen LogP contribution in [0.15, 0.2) is 18.3 Å². The molecule has 0 radical (unpaired) electrons. The second-order valence-electron chi connectivity index (χ2n) is 2.43. The Balaban J connectivity index is 2.62. The van der Waals surface area contributed by atoms with Crippen LogP contribution in [0.1, 0.15) is 5.69 Å². The molecule has 0 saturated heterocycles. The average molecular weight is 154 g/mol. The first-order valence-electron chi connectivity index (χ1n) is 3.71. The molecule has 0 unspecified atom stereocenters. The highest BCUT2D eigenvalue weighted by molar-refractivity contribution is 5.06. The molecular formula is C8H14N2O. The van der Waals surface area contributed by atoms with Gasteiger partial charge in [-0.25, -0.2) is 0 Å². The van der Waals surface area contributed by atoms with E-state index in [0.29, 0.717) is 13.3 Å². The number of aromatic nitrogens is 1. The van der Waals surface area contributed by atoms with Crippen LogP contribution in [0.3, 0.4) is 0 Å². The lowest BCUT2D eigenvalue weighted by molar-refractivity contribution is 0.129. The van der Waals surface area contributed by atoms with Gasteiger partial charge >= 0.3 is 0 Å². The van der Waals surface area contributed by atoms with Crippen molar-refractivity contribution in [3.8, 4) is 0 Å². The predicted octanol–water partition coefficient (Wildman–Crippen LogP) is 0.593. The third kappa shape index (κ3) is 2.06. The lowest BCUT2D eigenvalue weighted by Crippen LogP contribution is -2.09. The number of nitrogens with zero attached hydrogens (tertiary/aromatic N) is 1. The van der Waals surface area contributed by atoms with Gasteiger partial charge in [-0.15, -0.1) is 0 Å². The van der Waals surface area contributed by atoms with Crippen LogP contribution >= 0.6 is 0 Å². The molecule has 11 heavy (non-hydrogen) atoms. The van der Waals surface area contributed by atoms with Gasteiger partial charge in [-0.1, -0.05) is 0 Å². The van der Waals surface area contributed by atoms with Gasteiger partial charge in [-0.05, 0) is 25.1 Å². The minimum Gasteiger partial charge on any atom is -0.364 e. The molecule has 0 aromatic carbocycles. The van der Waals surface area contributed by atoms with Crippen LogP contribution in [-0.4, -0.2) is 18.2 Å². The summed E-state index contributed by atoms with van der Waals surface area (Å²) in [5, 5.41) is 0. The van der Waals surface area contributed by atoms with E-state index in [-0.39, 0.29) is 0 Å². The molecule has 3 heteroatoms. The van der Waals surface area contributed by atoms with Crippen LogP contribution in [-0.2, 0) is 17.9 Å². The molecule has 0 aliphatic heterocycles. The molecule has 0 saturated carbocycles. The number of methoxy groups -OCH3 is 1. The predicted molar refractivity (Wildman–Crippen MR) is 44.2 cm³/mol. The van der Waals surface area contributed by atoms with E-state index in [1.54, 1.807) is 7.11 Å². The smallest absolute Gasteiger partial charge is 0.122 e. The molecule has 1 heterocycles. The number of ether oxygens (including phenoxy) is 1. The van der Waals surface area contributed by atoms with Crippen molar-refractivity contribution in [2.75, 3.05) is 13.7 Å². The fourth-order valence-electron chi connectivity index (χ4n) is 1.09. The van der Waals surface area contributed by atoms with Crippen molar-refractivity contribution in [1.82, 2.24) is 4.57 Å². The highest BCUT2D eigenvalue weighted by Crippen LogP contribution is 2.01. The molecule has 0 aliphatic rings. The average Bonchev–Trinajstić information content (AvgIpc) is 2.39. The maximum absolute atomic E-state index is 5.43. The van der Waals surface area contributed by atoms with Gasteiger partial charge in [0.05, 0.1) is 0 Å². The summed E-state index contributed by atoms with van der Waals surface area (Å²) < 4.78 is 7.04. The van der Waals surface area contributed by atoms with Crippen molar-refractivity contribution in [2.45, 2.75) is 13.2 Å². The molecule has 1 aromatic heterocycles. The summed E-state index contributed by atoms with van der Waals surface area (Å²) in [6, 6.07) is 4.07. The molecule has 0 amide bonds. The van der Waals surface area contributed by atoms with E-state index >= 15 is 0 Å². The van der Waals surface area contributed by atoms with Gasteiger partial charge in [0.15, 0.2) is 0 Å². The quantitative estimate of drug-likeness (QED) is 0.689. The minimum atomic E-state index is 0.613. The fraction of sp³-hybridized carbons (Fsp3) is 0.500. The molecule has 2 N–H and O–H groups in total. The number of nitrogens with two attached hydrogens (primary N) is 1. The van der Waals surface area contributed by atoms with Gasteiger partial charge in [0.25, 0.3) is 0 Å². The third-order valence-corrected chi connectivity index (χ3v) is 1.59. The molecule has 0 atom stereocenters. The van der Waals surface area contributed by atoms with Crippen molar-refractivity contribution in [2.24, 2.45) is 5.73 Å². The Labute approximate surface area is 66.8 Å². The molecule has 0 fully saturated rings. The topological polar surface area (TPSA) is 40.2 Å². The Bertz CT molecular complexity index is 187. The van der Waals surface area contributed by atoms with Gasteiger partial charge in [0.2, 0.25) is 0 Å². The molecular weight excluding hydrogens is 140 g/mol. The Kier molecular flexibility index (Phi) is 3.14. The Morgan fingerprint density at radius 3 is 3.09 bits per heavy atom. The van der Waals surface area contributed by atoms with E-state index in [1.165, 1.54) is 5.69 Å². The highest BCUT2D eigenvalue weighted by Gasteiger charge is 1.97. The summed E-state index contributed by atoms with van der Waals surface area (Å²) in [5.41, 5.74) is 6.66. The summed E-state index contributed by atoms with van der Waals surface area (Å²) in [4.78, 5) is 0. The number of hydrogen-bond acceptors (Lipinski definition) is 2. The fourth-order valence-corrected chi connectivity index (χ4v) is 1.09. The number of rotatable bonds is 4. The van der Waals surface area contributed by atoms with Crippen LogP contribution in [0.5, 0.6) is 0 Å². The first kappa shape index (κ1) is 8.30. The minimum absolute atomic E-state index is 0.613. The van der Waals surface area contributed by atoms with Crippen LogP contribution < -0.4 is 5.73 Å². The second-order valence-corrected chi connectivity index (χ2v) is 2.43. The summed E-state index contributed by atoms with van der Waals surface area (Å²) >= 11 is 0. The Morgan fingerprint density at radius 2 is 2.45 bits per heavy atom. The molecule has 0 aliphatic carbocycles. The van der Waals surface area contributed by atoms with E-state index in [4.69, 9.17) is 10.5 Å². The van der Waals surface area contributed by atoms with E-state index in [0.717, 1.165) is 6.42 Å². The first-order chi connectivity index (χ1) is 5.38. The maximum atomic E-state index is 5.43. The second kappa shape index (κ2) is 4.16. The molecule has 1 rings (SSSR count). The zero-order valence-electron chi connectivity index (χ0n) is 6.79. The summed E-state index contributed by atoms with van der Waals surface area (Å²) in [6.45, 7) is 1.30. The zero-order chi connectivity index (χ0) is 8.10. The van der Waals surface area contributed by atoms with E-state index in [9.17, 15) is 0 Å². The number of hydrogen-bond donors (Lipinski definition) is 1. The van der Waals surface area contributed by atoms with E-state index in [2.05, 4.69) is 6.07 Å². The molecule has 3 nitrogen and oxygen atoms in total. The highest BCUT2D eigenvalue weighted by atomic mass is 16.5. The van der Waals surface area contributed by atoms with Gasteiger partial charge in [-0.3, -0.25) is 0 Å². The van der Waals surface area contributed by atoms with Crippen LogP contribution in [0.25, 0.3) is 0 Å². The molecule has 0 spiro atoms. The normalized spacial score (nSPS) is 10.4. The van der Waals surface area contributed by atoms with Crippen LogP contribution in [0.4, 0.5) is 0 Å². The van der Waals surface area contributed by atoms with Crippen molar-refractivity contribution < 1.29 is 4.74 Å². The monoisotopic (exact) mass is 154 g/mol. The summed E-state index contributed by atoms with van der Waals surface area (Å²) in [7, 11) is 1.69. The summed E-state index contributed by atoms with van der Waals surface area (Å²) in [5.74, 6) is 0. The van der Waals surface area contributed by atoms with Crippen LogP contribution in [0, 0.1) is 0 Å². The van der Waals surface area contributed by atoms with E-state index in [1.807, 2.05) is 16.8 Å². The third-order valence-electron chi connectivity index (χ3n) is 1.59. The first-order valence-corrected chi connectivity index (χ1v) is 3.71. The van der Waals surface area contributed by atoms with Gasteiger partial charge in [-0.2, -0.15) is 0 Å². The van der Waals surface area contributed by atoms with E-state index < -0.39 is 0 Å².